The van der Waals surface area contributed by atoms with Crippen molar-refractivity contribution in [2.75, 3.05) is 17.6 Å². The minimum absolute atomic E-state index is 0.128. The first-order valence-electron chi connectivity index (χ1n) is 10.8. The highest BCUT2D eigenvalue weighted by atomic mass is 16.6. The van der Waals surface area contributed by atoms with Crippen molar-refractivity contribution >= 4 is 34.9 Å². The zero-order chi connectivity index (χ0) is 24.4. The van der Waals surface area contributed by atoms with E-state index >= 15 is 0 Å². The summed E-state index contributed by atoms with van der Waals surface area (Å²) in [5, 5.41) is 15.9. The molecule has 0 aromatic heterocycles. The Bertz CT molecular complexity index is 953. The summed E-state index contributed by atoms with van der Waals surface area (Å²) < 4.78 is 5.30. The molecule has 0 spiro atoms. The Morgan fingerprint density at radius 2 is 1.76 bits per heavy atom. The molecular formula is C24H34N6O3. The molecule has 33 heavy (non-hydrogen) atoms. The number of anilines is 3. The molecule has 0 saturated carbocycles. The van der Waals surface area contributed by atoms with Gasteiger partial charge in [0.1, 0.15) is 5.60 Å². The van der Waals surface area contributed by atoms with Crippen LogP contribution in [0.3, 0.4) is 0 Å². The average molecular weight is 455 g/mol. The number of nitrogens with two attached hydrogens (primary N) is 2. The number of nitrogens with one attached hydrogen (secondary N) is 4. The van der Waals surface area contributed by atoms with E-state index in [1.165, 1.54) is 0 Å². The second-order valence-electron chi connectivity index (χ2n) is 8.73. The van der Waals surface area contributed by atoms with Crippen molar-refractivity contribution in [2.24, 2.45) is 5.73 Å². The van der Waals surface area contributed by atoms with Gasteiger partial charge in [0.15, 0.2) is 11.7 Å². The molecule has 0 aliphatic carbocycles. The van der Waals surface area contributed by atoms with E-state index in [0.717, 1.165) is 16.9 Å². The first-order valence-corrected chi connectivity index (χ1v) is 10.8. The number of ketones is 1. The number of Topliss-reactive ketones (excluding diaryl/α,β-unsaturated/α-hetero) is 1. The number of carbonyl (C=O) groups is 2. The number of alkyl carbamates (subject to hydrolysis) is 1. The van der Waals surface area contributed by atoms with E-state index in [-0.39, 0.29) is 18.2 Å². The fraction of sp³-hybridized carbons (Fsp3) is 0.375. The van der Waals surface area contributed by atoms with Gasteiger partial charge in [-0.1, -0.05) is 24.3 Å². The number of amides is 1. The molecule has 0 bridgehead atoms. The molecule has 2 aromatic rings. The predicted molar refractivity (Wildman–Crippen MR) is 132 cm³/mol. The maximum absolute atomic E-state index is 13.0. The van der Waals surface area contributed by atoms with Gasteiger partial charge in [-0.15, -0.1) is 0 Å². The number of nitrogen functional groups attached to an aromatic ring is 1. The van der Waals surface area contributed by atoms with Crippen LogP contribution in [0.15, 0.2) is 48.5 Å². The van der Waals surface area contributed by atoms with Crippen LogP contribution in [-0.2, 0) is 16.0 Å². The van der Waals surface area contributed by atoms with Gasteiger partial charge in [0.2, 0.25) is 0 Å². The molecule has 0 aliphatic heterocycles. The van der Waals surface area contributed by atoms with Gasteiger partial charge in [-0.3, -0.25) is 10.2 Å². The Morgan fingerprint density at radius 3 is 2.36 bits per heavy atom. The second-order valence-corrected chi connectivity index (χ2v) is 8.73. The Labute approximate surface area is 194 Å². The van der Waals surface area contributed by atoms with Crippen molar-refractivity contribution in [3.05, 3.63) is 54.1 Å². The number of para-hydroxylation sites is 2. The summed E-state index contributed by atoms with van der Waals surface area (Å²) >= 11 is 0. The minimum Gasteiger partial charge on any atom is -0.444 e. The minimum atomic E-state index is -0.712. The Balaban J connectivity index is 2.01. The highest BCUT2D eigenvalue weighted by Crippen LogP contribution is 2.23. The van der Waals surface area contributed by atoms with E-state index in [1.54, 1.807) is 20.8 Å². The van der Waals surface area contributed by atoms with Crippen LogP contribution in [0.2, 0.25) is 0 Å². The van der Waals surface area contributed by atoms with Crippen molar-refractivity contribution in [3.63, 3.8) is 0 Å². The zero-order valence-electron chi connectivity index (χ0n) is 19.4. The molecule has 1 atom stereocenters. The van der Waals surface area contributed by atoms with E-state index in [2.05, 4.69) is 16.0 Å². The first-order chi connectivity index (χ1) is 15.5. The van der Waals surface area contributed by atoms with Gasteiger partial charge in [0.05, 0.1) is 17.4 Å². The number of benzene rings is 2. The molecule has 0 saturated heterocycles. The van der Waals surface area contributed by atoms with Gasteiger partial charge in [0, 0.05) is 18.7 Å². The SMILES string of the molecule is CC(C)(C)OC(=O)N[C@@H](CCCNC(=N)N)C(=O)Cc1ccc(Nc2ccccc2N)cc1. The molecule has 0 fully saturated rings. The van der Waals surface area contributed by atoms with Crippen molar-refractivity contribution in [3.8, 4) is 0 Å². The van der Waals surface area contributed by atoms with Crippen LogP contribution in [0.5, 0.6) is 0 Å². The van der Waals surface area contributed by atoms with E-state index in [1.807, 2.05) is 48.5 Å². The molecular weight excluding hydrogens is 420 g/mol. The molecule has 0 aliphatic rings. The maximum atomic E-state index is 13.0. The Hall–Kier alpha value is -3.75. The molecule has 9 heteroatoms. The van der Waals surface area contributed by atoms with E-state index < -0.39 is 17.7 Å². The molecule has 8 N–H and O–H groups in total. The molecule has 0 unspecified atom stereocenters. The van der Waals surface area contributed by atoms with Crippen molar-refractivity contribution in [2.45, 2.75) is 51.7 Å². The highest BCUT2D eigenvalue weighted by molar-refractivity contribution is 5.89. The third-order valence-corrected chi connectivity index (χ3v) is 4.64. The van der Waals surface area contributed by atoms with E-state index in [0.29, 0.717) is 25.1 Å². The summed E-state index contributed by atoms with van der Waals surface area (Å²) in [5.74, 6) is -0.263. The van der Waals surface area contributed by atoms with Crippen molar-refractivity contribution < 1.29 is 14.3 Å². The van der Waals surface area contributed by atoms with Gasteiger partial charge < -0.3 is 32.2 Å². The summed E-state index contributed by atoms with van der Waals surface area (Å²) in [6, 6.07) is 14.2. The van der Waals surface area contributed by atoms with Gasteiger partial charge >= 0.3 is 6.09 Å². The molecule has 2 rings (SSSR count). The number of hydrogen-bond acceptors (Lipinski definition) is 6. The lowest BCUT2D eigenvalue weighted by atomic mass is 10.00. The second kappa shape index (κ2) is 11.8. The number of ether oxygens (including phenoxy) is 1. The zero-order valence-corrected chi connectivity index (χ0v) is 19.4. The molecule has 0 heterocycles. The maximum Gasteiger partial charge on any atom is 0.408 e. The average Bonchev–Trinajstić information content (AvgIpc) is 2.71. The molecule has 2 aromatic carbocycles. The number of rotatable bonds is 10. The number of carbonyl (C=O) groups excluding carboxylic acids is 2. The lowest BCUT2D eigenvalue weighted by molar-refractivity contribution is -0.120. The quantitative estimate of drug-likeness (QED) is 0.139. The van der Waals surface area contributed by atoms with Gasteiger partial charge in [-0.25, -0.2) is 4.79 Å². The van der Waals surface area contributed by atoms with E-state index in [9.17, 15) is 9.59 Å². The lowest BCUT2D eigenvalue weighted by Crippen LogP contribution is -2.44. The van der Waals surface area contributed by atoms with Gasteiger partial charge in [0.25, 0.3) is 0 Å². The summed E-state index contributed by atoms with van der Waals surface area (Å²) in [6.45, 7) is 5.72. The predicted octanol–water partition coefficient (Wildman–Crippen LogP) is 3.28. The summed E-state index contributed by atoms with van der Waals surface area (Å²) in [7, 11) is 0. The lowest BCUT2D eigenvalue weighted by Gasteiger charge is -2.23. The topological polar surface area (TPSA) is 155 Å². The van der Waals surface area contributed by atoms with Gasteiger partial charge in [-0.2, -0.15) is 0 Å². The van der Waals surface area contributed by atoms with Crippen LogP contribution in [0.4, 0.5) is 21.9 Å². The van der Waals surface area contributed by atoms with Crippen LogP contribution in [0.25, 0.3) is 0 Å². The summed E-state index contributed by atoms with van der Waals surface area (Å²) in [5.41, 5.74) is 13.7. The molecule has 9 nitrogen and oxygen atoms in total. The number of hydrogen-bond donors (Lipinski definition) is 6. The Kier molecular flexibility index (Phi) is 9.08. The van der Waals surface area contributed by atoms with Crippen molar-refractivity contribution in [1.82, 2.24) is 10.6 Å². The normalized spacial score (nSPS) is 11.8. The molecule has 1 amide bonds. The monoisotopic (exact) mass is 454 g/mol. The van der Waals surface area contributed by atoms with Gasteiger partial charge in [-0.05, 0) is 63.4 Å². The third kappa shape index (κ3) is 9.51. The Morgan fingerprint density at radius 1 is 1.09 bits per heavy atom. The smallest absolute Gasteiger partial charge is 0.408 e. The van der Waals surface area contributed by atoms with Crippen LogP contribution < -0.4 is 27.4 Å². The largest absolute Gasteiger partial charge is 0.444 e. The van der Waals surface area contributed by atoms with E-state index in [4.69, 9.17) is 21.6 Å². The number of guanidine groups is 1. The summed E-state index contributed by atoms with van der Waals surface area (Å²) in [4.78, 5) is 25.2. The first kappa shape index (κ1) is 25.5. The molecule has 0 radical (unpaired) electrons. The standard InChI is InChI=1S/C24H34N6O3/c1-24(2,3)33-23(32)30-20(9-6-14-28-22(26)27)21(31)15-16-10-12-17(13-11-16)29-19-8-5-4-7-18(19)25/h4-5,7-8,10-13,20,29H,6,9,14-15,25H2,1-3H3,(H,30,32)(H4,26,27,28)/t20-/m0/s1. The van der Waals surface area contributed by atoms with Crippen LogP contribution in [-0.4, -0.2) is 36.0 Å². The summed E-state index contributed by atoms with van der Waals surface area (Å²) in [6.07, 6.45) is 0.465. The fourth-order valence-electron chi connectivity index (χ4n) is 3.09. The van der Waals surface area contributed by atoms with Crippen LogP contribution in [0.1, 0.15) is 39.2 Å². The molecule has 178 valence electrons. The third-order valence-electron chi connectivity index (χ3n) is 4.64. The van der Waals surface area contributed by atoms with Crippen LogP contribution >= 0.6 is 0 Å². The fourth-order valence-corrected chi connectivity index (χ4v) is 3.09. The van der Waals surface area contributed by atoms with Crippen molar-refractivity contribution in [1.29, 1.82) is 5.41 Å². The highest BCUT2D eigenvalue weighted by Gasteiger charge is 2.24. The van der Waals surface area contributed by atoms with Crippen LogP contribution in [0, 0.1) is 5.41 Å².